The van der Waals surface area contributed by atoms with Crippen LogP contribution in [0.1, 0.15) is 34.1 Å². The third-order valence-corrected chi connectivity index (χ3v) is 4.04. The molecular formula is C14H27N3O. The number of amides is 2. The summed E-state index contributed by atoms with van der Waals surface area (Å²) in [6.07, 6.45) is 1.10. The van der Waals surface area contributed by atoms with Crippen molar-refractivity contribution in [2.24, 2.45) is 5.41 Å². The first kappa shape index (κ1) is 13.7. The number of rotatable bonds is 1. The lowest BCUT2D eigenvalue weighted by Crippen LogP contribution is -2.59. The third-order valence-electron chi connectivity index (χ3n) is 4.04. The number of hydrogen-bond donors (Lipinski definition) is 0. The lowest BCUT2D eigenvalue weighted by atomic mass is 9.85. The summed E-state index contributed by atoms with van der Waals surface area (Å²) in [5.74, 6) is 0. The number of nitrogens with zero attached hydrogens (tertiary/aromatic N) is 3. The fraction of sp³-hybridized carbons (Fsp3) is 0.929. The van der Waals surface area contributed by atoms with E-state index in [1.165, 1.54) is 0 Å². The van der Waals surface area contributed by atoms with Gasteiger partial charge in [0.05, 0.1) is 0 Å². The molecule has 2 aliphatic rings. The Bertz CT molecular complexity index is 306. The van der Waals surface area contributed by atoms with Crippen LogP contribution in [-0.4, -0.2) is 66.0 Å². The van der Waals surface area contributed by atoms with Gasteiger partial charge in [0.15, 0.2) is 0 Å². The van der Waals surface area contributed by atoms with Gasteiger partial charge in [0.25, 0.3) is 0 Å². The zero-order valence-corrected chi connectivity index (χ0v) is 12.3. The predicted molar refractivity (Wildman–Crippen MR) is 73.6 cm³/mol. The van der Waals surface area contributed by atoms with Gasteiger partial charge < -0.3 is 9.80 Å². The van der Waals surface area contributed by atoms with Gasteiger partial charge in [-0.2, -0.15) is 0 Å². The number of hydrogen-bond acceptors (Lipinski definition) is 2. The highest BCUT2D eigenvalue weighted by atomic mass is 16.2. The summed E-state index contributed by atoms with van der Waals surface area (Å²) in [7, 11) is 0. The molecule has 104 valence electrons. The molecular weight excluding hydrogens is 226 g/mol. The van der Waals surface area contributed by atoms with Crippen molar-refractivity contribution < 1.29 is 4.79 Å². The molecule has 4 heteroatoms. The first-order valence-corrected chi connectivity index (χ1v) is 7.17. The summed E-state index contributed by atoms with van der Waals surface area (Å²) in [5.41, 5.74) is 0.325. The van der Waals surface area contributed by atoms with Crippen LogP contribution < -0.4 is 0 Å². The Kier molecular flexibility index (Phi) is 3.85. The van der Waals surface area contributed by atoms with Crippen molar-refractivity contribution in [3.63, 3.8) is 0 Å². The van der Waals surface area contributed by atoms with Crippen molar-refractivity contribution in [1.29, 1.82) is 0 Å². The van der Waals surface area contributed by atoms with E-state index in [0.717, 1.165) is 45.7 Å². The molecule has 0 unspecified atom stereocenters. The predicted octanol–water partition coefficient (Wildman–Crippen LogP) is 1.86. The van der Waals surface area contributed by atoms with Crippen LogP contribution in [0, 0.1) is 5.41 Å². The van der Waals surface area contributed by atoms with Crippen LogP contribution in [0.4, 0.5) is 4.79 Å². The van der Waals surface area contributed by atoms with Gasteiger partial charge in [-0.05, 0) is 20.3 Å². The highest BCUT2D eigenvalue weighted by Gasteiger charge is 2.39. The average molecular weight is 253 g/mol. The average Bonchev–Trinajstić information content (AvgIpc) is 2.50. The van der Waals surface area contributed by atoms with Crippen LogP contribution in [0.3, 0.4) is 0 Å². The molecule has 2 heterocycles. The Balaban J connectivity index is 1.85. The largest absolute Gasteiger partial charge is 0.323 e. The lowest BCUT2D eigenvalue weighted by Gasteiger charge is -2.47. The Labute approximate surface area is 111 Å². The van der Waals surface area contributed by atoms with E-state index in [1.54, 1.807) is 0 Å². The van der Waals surface area contributed by atoms with Crippen molar-refractivity contribution in [1.82, 2.24) is 14.7 Å². The van der Waals surface area contributed by atoms with Gasteiger partial charge in [0.1, 0.15) is 0 Å². The second-order valence-electron chi connectivity index (χ2n) is 6.77. The maximum atomic E-state index is 12.3. The highest BCUT2D eigenvalue weighted by Crippen LogP contribution is 2.29. The van der Waals surface area contributed by atoms with Crippen molar-refractivity contribution in [2.45, 2.75) is 40.2 Å². The summed E-state index contributed by atoms with van der Waals surface area (Å²) in [6, 6.07) is 0.836. The minimum Gasteiger partial charge on any atom is -0.323 e. The molecule has 0 aliphatic carbocycles. The Hall–Kier alpha value is -0.770. The molecule has 2 fully saturated rings. The van der Waals surface area contributed by atoms with Gasteiger partial charge in [-0.3, -0.25) is 4.90 Å². The molecule has 0 atom stereocenters. The summed E-state index contributed by atoms with van der Waals surface area (Å²) in [5, 5.41) is 0. The van der Waals surface area contributed by atoms with Gasteiger partial charge in [-0.25, -0.2) is 4.79 Å². The van der Waals surface area contributed by atoms with Crippen LogP contribution in [-0.2, 0) is 0 Å². The molecule has 18 heavy (non-hydrogen) atoms. The lowest BCUT2D eigenvalue weighted by molar-refractivity contribution is 0.0428. The van der Waals surface area contributed by atoms with Crippen molar-refractivity contribution >= 4 is 6.03 Å². The zero-order chi connectivity index (χ0) is 13.3. The minimum atomic E-state index is 0.250. The number of carbonyl (C=O) groups excluding carboxylic acids is 1. The molecule has 4 nitrogen and oxygen atoms in total. The summed E-state index contributed by atoms with van der Waals surface area (Å²) in [4.78, 5) is 18.8. The summed E-state index contributed by atoms with van der Waals surface area (Å²) in [6.45, 7) is 14.7. The van der Waals surface area contributed by atoms with E-state index < -0.39 is 0 Å². The third kappa shape index (κ3) is 2.97. The first-order valence-electron chi connectivity index (χ1n) is 7.17. The van der Waals surface area contributed by atoms with Crippen LogP contribution in [0.15, 0.2) is 0 Å². The Morgan fingerprint density at radius 2 is 1.67 bits per heavy atom. The topological polar surface area (TPSA) is 26.8 Å². The maximum Gasteiger partial charge on any atom is 0.320 e. The first-order chi connectivity index (χ1) is 8.39. The number of carbonyl (C=O) groups is 1. The molecule has 0 N–H and O–H groups in total. The fourth-order valence-electron chi connectivity index (χ4n) is 2.97. The molecule has 2 aliphatic heterocycles. The van der Waals surface area contributed by atoms with Gasteiger partial charge in [0.2, 0.25) is 0 Å². The van der Waals surface area contributed by atoms with Gasteiger partial charge in [-0.1, -0.05) is 13.8 Å². The van der Waals surface area contributed by atoms with Crippen LogP contribution in [0.2, 0.25) is 0 Å². The zero-order valence-electron chi connectivity index (χ0n) is 12.3. The summed E-state index contributed by atoms with van der Waals surface area (Å²) >= 11 is 0. The normalized spacial score (nSPS) is 24.9. The maximum absolute atomic E-state index is 12.3. The van der Waals surface area contributed by atoms with Crippen LogP contribution in [0.5, 0.6) is 0 Å². The quantitative estimate of drug-likeness (QED) is 0.713. The second-order valence-corrected chi connectivity index (χ2v) is 6.77. The second kappa shape index (κ2) is 5.08. The Morgan fingerprint density at radius 3 is 2.22 bits per heavy atom. The van der Waals surface area contributed by atoms with Crippen molar-refractivity contribution in [2.75, 3.05) is 39.3 Å². The SMILES string of the molecule is CC(C)N1CCCN(C(=O)N2CC(C)(C)C2)CC1. The van der Waals surface area contributed by atoms with E-state index >= 15 is 0 Å². The molecule has 0 aromatic rings. The van der Waals surface area contributed by atoms with E-state index in [4.69, 9.17) is 0 Å². The smallest absolute Gasteiger partial charge is 0.320 e. The Morgan fingerprint density at radius 1 is 1.00 bits per heavy atom. The number of urea groups is 1. The molecule has 0 saturated carbocycles. The monoisotopic (exact) mass is 253 g/mol. The molecule has 2 rings (SSSR count). The van der Waals surface area contributed by atoms with Crippen molar-refractivity contribution in [3.8, 4) is 0 Å². The standard InChI is InChI=1S/C14H27N3O/c1-12(2)15-6-5-7-16(9-8-15)13(18)17-10-14(3,4)11-17/h12H,5-11H2,1-4H3. The van der Waals surface area contributed by atoms with Crippen LogP contribution in [0.25, 0.3) is 0 Å². The molecule has 0 aromatic heterocycles. The van der Waals surface area contributed by atoms with Gasteiger partial charge >= 0.3 is 6.03 Å². The molecule has 2 saturated heterocycles. The van der Waals surface area contributed by atoms with E-state index in [0.29, 0.717) is 11.5 Å². The van der Waals surface area contributed by atoms with Crippen LogP contribution >= 0.6 is 0 Å². The van der Waals surface area contributed by atoms with E-state index in [1.807, 2.05) is 9.80 Å². The molecule has 2 amide bonds. The molecule has 0 spiro atoms. The van der Waals surface area contributed by atoms with Gasteiger partial charge in [0, 0.05) is 50.7 Å². The highest BCUT2D eigenvalue weighted by molar-refractivity contribution is 5.75. The van der Waals surface area contributed by atoms with E-state index in [-0.39, 0.29) is 6.03 Å². The van der Waals surface area contributed by atoms with Crippen molar-refractivity contribution in [3.05, 3.63) is 0 Å². The summed E-state index contributed by atoms with van der Waals surface area (Å²) < 4.78 is 0. The van der Waals surface area contributed by atoms with E-state index in [9.17, 15) is 4.79 Å². The van der Waals surface area contributed by atoms with Gasteiger partial charge in [-0.15, -0.1) is 0 Å². The van der Waals surface area contributed by atoms with E-state index in [2.05, 4.69) is 32.6 Å². The fourth-order valence-corrected chi connectivity index (χ4v) is 2.97. The molecule has 0 aromatic carbocycles. The molecule has 0 bridgehead atoms. The molecule has 0 radical (unpaired) electrons. The number of likely N-dealkylation sites (tertiary alicyclic amines) is 1. The minimum absolute atomic E-state index is 0.250.